The molecule has 1 saturated carbocycles. The number of amides is 2. The van der Waals surface area contributed by atoms with Crippen molar-refractivity contribution >= 4 is 29.0 Å². The van der Waals surface area contributed by atoms with Gasteiger partial charge in [-0.15, -0.1) is 11.3 Å². The highest BCUT2D eigenvalue weighted by Gasteiger charge is 2.37. The Morgan fingerprint density at radius 3 is 2.54 bits per heavy atom. The van der Waals surface area contributed by atoms with Crippen LogP contribution in [0, 0.1) is 5.92 Å². The lowest BCUT2D eigenvalue weighted by Gasteiger charge is -2.27. The standard InChI is InChI=1S/C28H39F2N5O3S/c1-6-17-11-8-15(3)35(17)27(37)22-23(39-26(34-22)25(36)32-14-28(4,5)38)19-13-31-21(12-18(19)24(29)30)33-20(7-2)16-9-10-16/h12-13,15-17,20,24,38H,6-11,14H2,1-5H3,(H,31,33)(H,32,36)/t15?,17?,20-/m0/s1. The van der Waals surface area contributed by atoms with E-state index in [1.54, 1.807) is 18.7 Å². The molecule has 2 amide bonds. The Morgan fingerprint density at radius 1 is 1.23 bits per heavy atom. The van der Waals surface area contributed by atoms with Gasteiger partial charge in [-0.2, -0.15) is 0 Å². The lowest BCUT2D eigenvalue weighted by Crippen LogP contribution is -2.40. The predicted molar refractivity (Wildman–Crippen MR) is 148 cm³/mol. The second-order valence-electron chi connectivity index (χ2n) is 11.3. The van der Waals surface area contributed by atoms with Crippen molar-refractivity contribution in [2.45, 2.75) is 103 Å². The predicted octanol–water partition coefficient (Wildman–Crippen LogP) is 5.65. The summed E-state index contributed by atoms with van der Waals surface area (Å²) in [4.78, 5) is 37.6. The number of thiazole rings is 1. The van der Waals surface area contributed by atoms with Crippen LogP contribution in [0.15, 0.2) is 12.3 Å². The van der Waals surface area contributed by atoms with Crippen molar-refractivity contribution in [1.29, 1.82) is 0 Å². The largest absolute Gasteiger partial charge is 0.389 e. The van der Waals surface area contributed by atoms with E-state index in [1.165, 1.54) is 12.3 Å². The zero-order valence-electron chi connectivity index (χ0n) is 23.3. The van der Waals surface area contributed by atoms with Gasteiger partial charge < -0.3 is 20.6 Å². The molecule has 1 saturated heterocycles. The molecule has 2 aliphatic rings. The number of pyridine rings is 1. The van der Waals surface area contributed by atoms with Crippen LogP contribution in [0.1, 0.15) is 105 Å². The van der Waals surface area contributed by atoms with Crippen molar-refractivity contribution in [3.05, 3.63) is 28.5 Å². The van der Waals surface area contributed by atoms with Gasteiger partial charge in [-0.05, 0) is 71.3 Å². The van der Waals surface area contributed by atoms with Gasteiger partial charge >= 0.3 is 0 Å². The van der Waals surface area contributed by atoms with Crippen molar-refractivity contribution in [3.8, 4) is 10.4 Å². The van der Waals surface area contributed by atoms with Crippen LogP contribution in [0.2, 0.25) is 0 Å². The number of hydrogen-bond acceptors (Lipinski definition) is 7. The molecule has 11 heteroatoms. The molecule has 2 fully saturated rings. The van der Waals surface area contributed by atoms with Crippen molar-refractivity contribution in [2.75, 3.05) is 11.9 Å². The van der Waals surface area contributed by atoms with E-state index in [0.29, 0.717) is 11.7 Å². The molecular weight excluding hydrogens is 524 g/mol. The first-order chi connectivity index (χ1) is 18.4. The molecule has 4 rings (SSSR count). The molecule has 214 valence electrons. The van der Waals surface area contributed by atoms with E-state index in [1.807, 2.05) is 13.8 Å². The van der Waals surface area contributed by atoms with Gasteiger partial charge in [-0.3, -0.25) is 9.59 Å². The molecule has 2 aromatic rings. The Bertz CT molecular complexity index is 1190. The van der Waals surface area contributed by atoms with Crippen LogP contribution >= 0.6 is 11.3 Å². The van der Waals surface area contributed by atoms with Crippen LogP contribution in [0.5, 0.6) is 0 Å². The molecule has 0 aromatic carbocycles. The third-order valence-corrected chi connectivity index (χ3v) is 8.66. The van der Waals surface area contributed by atoms with Gasteiger partial charge in [-0.25, -0.2) is 18.7 Å². The Hall–Kier alpha value is -2.66. The summed E-state index contributed by atoms with van der Waals surface area (Å²) >= 11 is 0.893. The highest BCUT2D eigenvalue weighted by atomic mass is 32.1. The number of aromatic nitrogens is 2. The lowest BCUT2D eigenvalue weighted by molar-refractivity contribution is 0.0668. The van der Waals surface area contributed by atoms with Gasteiger partial charge in [0.15, 0.2) is 5.01 Å². The number of nitrogens with zero attached hydrogens (tertiary/aromatic N) is 3. The van der Waals surface area contributed by atoms with Crippen LogP contribution in [0.25, 0.3) is 10.4 Å². The number of nitrogens with one attached hydrogen (secondary N) is 2. The van der Waals surface area contributed by atoms with Crippen LogP contribution in [-0.4, -0.2) is 62.1 Å². The topological polar surface area (TPSA) is 107 Å². The second-order valence-corrected chi connectivity index (χ2v) is 12.3. The van der Waals surface area contributed by atoms with E-state index >= 15 is 0 Å². The van der Waals surface area contributed by atoms with Crippen LogP contribution in [0.3, 0.4) is 0 Å². The maximum Gasteiger partial charge on any atom is 0.280 e. The molecule has 3 N–H and O–H groups in total. The van der Waals surface area contributed by atoms with Crippen LogP contribution in [-0.2, 0) is 0 Å². The van der Waals surface area contributed by atoms with E-state index in [-0.39, 0.29) is 57.3 Å². The number of carbonyl (C=O) groups excluding carboxylic acids is 2. The smallest absolute Gasteiger partial charge is 0.280 e. The Morgan fingerprint density at radius 2 is 1.95 bits per heavy atom. The van der Waals surface area contributed by atoms with E-state index in [4.69, 9.17) is 0 Å². The first-order valence-electron chi connectivity index (χ1n) is 13.8. The van der Waals surface area contributed by atoms with Crippen molar-refractivity contribution in [2.24, 2.45) is 5.92 Å². The molecular formula is C28H39F2N5O3S. The van der Waals surface area contributed by atoms with Gasteiger partial charge in [0, 0.05) is 42.0 Å². The minimum Gasteiger partial charge on any atom is -0.389 e. The minimum absolute atomic E-state index is 0.0159. The van der Waals surface area contributed by atoms with Crippen molar-refractivity contribution in [3.63, 3.8) is 0 Å². The fourth-order valence-electron chi connectivity index (χ4n) is 5.24. The van der Waals surface area contributed by atoms with Gasteiger partial charge in [0.2, 0.25) is 0 Å². The summed E-state index contributed by atoms with van der Waals surface area (Å²) in [5.74, 6) is -0.0606. The minimum atomic E-state index is -2.82. The third kappa shape index (κ3) is 6.74. The zero-order chi connectivity index (χ0) is 28.5. The maximum absolute atomic E-state index is 14.4. The first kappa shape index (κ1) is 29.3. The van der Waals surface area contributed by atoms with E-state index in [2.05, 4.69) is 27.5 Å². The molecule has 0 spiro atoms. The Labute approximate surface area is 232 Å². The average molecular weight is 564 g/mol. The number of anilines is 1. The fourth-order valence-corrected chi connectivity index (χ4v) is 6.24. The quantitative estimate of drug-likeness (QED) is 0.326. The zero-order valence-corrected chi connectivity index (χ0v) is 24.1. The number of hydrogen-bond donors (Lipinski definition) is 3. The van der Waals surface area contributed by atoms with Crippen LogP contribution < -0.4 is 10.6 Å². The van der Waals surface area contributed by atoms with Gasteiger partial charge in [-0.1, -0.05) is 13.8 Å². The molecule has 3 heterocycles. The lowest BCUT2D eigenvalue weighted by atomic mass is 10.1. The summed E-state index contributed by atoms with van der Waals surface area (Å²) in [7, 11) is 0. The fraction of sp³-hybridized carbons (Fsp3) is 0.643. The average Bonchev–Trinajstić information content (AvgIpc) is 3.52. The summed E-state index contributed by atoms with van der Waals surface area (Å²) < 4.78 is 28.9. The number of halogens is 2. The molecule has 2 unspecified atom stereocenters. The highest BCUT2D eigenvalue weighted by Crippen LogP contribution is 2.40. The number of likely N-dealkylation sites (tertiary alicyclic amines) is 1. The highest BCUT2D eigenvalue weighted by molar-refractivity contribution is 7.17. The summed E-state index contributed by atoms with van der Waals surface area (Å²) in [6.45, 7) is 9.11. The van der Waals surface area contributed by atoms with Gasteiger partial charge in [0.1, 0.15) is 11.5 Å². The summed E-state index contributed by atoms with van der Waals surface area (Å²) in [5.41, 5.74) is -1.34. The number of carbonyl (C=O) groups is 2. The van der Waals surface area contributed by atoms with Crippen LogP contribution in [0.4, 0.5) is 14.6 Å². The SMILES string of the molecule is CCC1CCC(C)N1C(=O)c1nc(C(=O)NCC(C)(C)O)sc1-c1cnc(N[C@@H](CC)C2CC2)cc1C(F)F. The van der Waals surface area contributed by atoms with Crippen molar-refractivity contribution in [1.82, 2.24) is 20.2 Å². The molecule has 1 aliphatic carbocycles. The monoisotopic (exact) mass is 563 g/mol. The number of aliphatic hydroxyl groups is 1. The molecule has 2 aromatic heterocycles. The molecule has 1 aliphatic heterocycles. The summed E-state index contributed by atoms with van der Waals surface area (Å²) in [5, 5.41) is 15.9. The normalized spacial score (nSPS) is 20.4. The maximum atomic E-state index is 14.4. The van der Waals surface area contributed by atoms with Crippen molar-refractivity contribution < 1.29 is 23.5 Å². The number of alkyl halides is 2. The Kier molecular flexibility index (Phi) is 8.90. The molecule has 0 bridgehead atoms. The third-order valence-electron chi connectivity index (χ3n) is 7.58. The Balaban J connectivity index is 1.75. The van der Waals surface area contributed by atoms with E-state index in [0.717, 1.165) is 49.9 Å². The molecule has 8 nitrogen and oxygen atoms in total. The summed E-state index contributed by atoms with van der Waals surface area (Å²) in [6, 6.07) is 1.50. The summed E-state index contributed by atoms with van der Waals surface area (Å²) in [6.07, 6.45) is 4.08. The van der Waals surface area contributed by atoms with Gasteiger partial charge in [0.25, 0.3) is 18.2 Å². The van der Waals surface area contributed by atoms with Gasteiger partial charge in [0.05, 0.1) is 10.5 Å². The van der Waals surface area contributed by atoms with E-state index < -0.39 is 17.9 Å². The second kappa shape index (κ2) is 11.8. The first-order valence-corrected chi connectivity index (χ1v) is 14.6. The molecule has 0 radical (unpaired) electrons. The number of rotatable bonds is 11. The van der Waals surface area contributed by atoms with E-state index in [9.17, 15) is 23.5 Å². The molecule has 3 atom stereocenters. The molecule has 39 heavy (non-hydrogen) atoms.